The normalized spacial score (nSPS) is 18.9. The summed E-state index contributed by atoms with van der Waals surface area (Å²) >= 11 is 27.1. The van der Waals surface area contributed by atoms with Gasteiger partial charge in [0.25, 0.3) is 11.8 Å². The first-order valence-electron chi connectivity index (χ1n) is 7.45. The molecular formula is C16H10BrCl4N3O3. The van der Waals surface area contributed by atoms with Crippen molar-refractivity contribution in [2.75, 3.05) is 6.61 Å². The number of benzene rings is 1. The average Bonchev–Trinajstić information content (AvgIpc) is 2.64. The Labute approximate surface area is 182 Å². The molecule has 1 aromatic carbocycles. The largest absolute Gasteiger partial charge is 0.466 e. The summed E-state index contributed by atoms with van der Waals surface area (Å²) in [6.45, 7) is -0.440. The minimum absolute atomic E-state index is 0.00614. The molecule has 2 aromatic rings. The lowest BCUT2D eigenvalue weighted by Gasteiger charge is -2.44. The van der Waals surface area contributed by atoms with Gasteiger partial charge >= 0.3 is 0 Å². The molecule has 2 amide bonds. The Morgan fingerprint density at radius 1 is 1.26 bits per heavy atom. The van der Waals surface area contributed by atoms with Crippen molar-refractivity contribution < 1.29 is 14.3 Å². The third-order valence-corrected chi connectivity index (χ3v) is 5.78. The van der Waals surface area contributed by atoms with Crippen molar-refractivity contribution in [3.63, 3.8) is 0 Å². The van der Waals surface area contributed by atoms with E-state index in [1.165, 1.54) is 6.07 Å². The Morgan fingerprint density at radius 2 is 1.96 bits per heavy atom. The van der Waals surface area contributed by atoms with E-state index in [0.717, 1.165) is 15.0 Å². The third kappa shape index (κ3) is 4.27. The lowest BCUT2D eigenvalue weighted by Crippen LogP contribution is -2.63. The first kappa shape index (κ1) is 20.5. The van der Waals surface area contributed by atoms with E-state index in [2.05, 4.69) is 26.3 Å². The predicted octanol–water partition coefficient (Wildman–Crippen LogP) is 4.41. The van der Waals surface area contributed by atoms with Gasteiger partial charge in [-0.2, -0.15) is 4.98 Å². The maximum atomic E-state index is 12.2. The van der Waals surface area contributed by atoms with Crippen molar-refractivity contribution in [2.24, 2.45) is 0 Å². The van der Waals surface area contributed by atoms with Gasteiger partial charge in [0, 0.05) is 4.47 Å². The molecule has 2 unspecified atom stereocenters. The highest BCUT2D eigenvalue weighted by molar-refractivity contribution is 9.10. The zero-order chi connectivity index (χ0) is 19.7. The minimum Gasteiger partial charge on any atom is -0.466 e. The van der Waals surface area contributed by atoms with E-state index >= 15 is 0 Å². The van der Waals surface area contributed by atoms with Crippen molar-refractivity contribution in [3.8, 4) is 5.88 Å². The van der Waals surface area contributed by atoms with Crippen molar-refractivity contribution in [3.05, 3.63) is 55.6 Å². The van der Waals surface area contributed by atoms with Crippen molar-refractivity contribution in [1.82, 2.24) is 15.4 Å². The number of β-lactam (4-membered cyclic amide) rings is 1. The molecule has 1 aliphatic heterocycles. The second kappa shape index (κ2) is 8.41. The number of hydrazine groups is 1. The number of carbonyl (C=O) groups excluding carboxylic acids is 2. The highest BCUT2D eigenvalue weighted by Gasteiger charge is 2.49. The molecule has 0 spiro atoms. The molecular weight excluding hydrogens is 504 g/mol. The molecule has 11 heteroatoms. The summed E-state index contributed by atoms with van der Waals surface area (Å²) in [7, 11) is 0. The van der Waals surface area contributed by atoms with E-state index in [1.54, 1.807) is 0 Å². The van der Waals surface area contributed by atoms with Crippen LogP contribution in [-0.2, 0) is 9.59 Å². The Morgan fingerprint density at radius 3 is 2.67 bits per heavy atom. The monoisotopic (exact) mass is 511 g/mol. The zero-order valence-electron chi connectivity index (χ0n) is 13.3. The fraction of sp³-hybridized carbons (Fsp3) is 0.188. The van der Waals surface area contributed by atoms with Crippen molar-refractivity contribution in [2.45, 2.75) is 11.4 Å². The molecule has 0 radical (unpaired) electrons. The number of hydrogen-bond acceptors (Lipinski definition) is 4. The molecule has 1 N–H and O–H groups in total. The van der Waals surface area contributed by atoms with Crippen LogP contribution < -0.4 is 10.2 Å². The van der Waals surface area contributed by atoms with E-state index in [0.29, 0.717) is 0 Å². The number of hydrogen-bond donors (Lipinski definition) is 1. The lowest BCUT2D eigenvalue weighted by atomic mass is 9.95. The van der Waals surface area contributed by atoms with Gasteiger partial charge in [0.15, 0.2) is 11.8 Å². The van der Waals surface area contributed by atoms with E-state index < -0.39 is 29.8 Å². The first-order valence-corrected chi connectivity index (χ1v) is 9.81. The molecule has 1 fully saturated rings. The van der Waals surface area contributed by atoms with Gasteiger partial charge in [-0.3, -0.25) is 15.0 Å². The SMILES string of the molecule is O=C(COc1nc(Cl)c(Cl)cc1Cl)NN1C(=O)C(Cl)C1c1ccccc1Br. The molecule has 1 saturated heterocycles. The minimum atomic E-state index is -0.781. The molecule has 142 valence electrons. The Kier molecular flexibility index (Phi) is 6.38. The van der Waals surface area contributed by atoms with Crippen LogP contribution in [0.3, 0.4) is 0 Å². The fourth-order valence-electron chi connectivity index (χ4n) is 2.42. The van der Waals surface area contributed by atoms with Gasteiger partial charge in [0.05, 0.1) is 5.02 Å². The quantitative estimate of drug-likeness (QED) is 0.365. The highest BCUT2D eigenvalue weighted by Crippen LogP contribution is 2.40. The number of amides is 2. The summed E-state index contributed by atoms with van der Waals surface area (Å²) in [6.07, 6.45) is 0. The molecule has 1 aromatic heterocycles. The molecule has 3 rings (SSSR count). The molecule has 1 aliphatic rings. The summed E-state index contributed by atoms with van der Waals surface area (Å²) in [4.78, 5) is 28.1. The van der Waals surface area contributed by atoms with Crippen LogP contribution in [0, 0.1) is 0 Å². The number of carbonyl (C=O) groups is 2. The molecule has 0 aliphatic carbocycles. The van der Waals surface area contributed by atoms with E-state index in [4.69, 9.17) is 51.1 Å². The third-order valence-electron chi connectivity index (χ3n) is 3.69. The number of ether oxygens (including phenoxy) is 1. The Bertz CT molecular complexity index is 914. The molecule has 0 saturated carbocycles. The number of nitrogens with zero attached hydrogens (tertiary/aromatic N) is 2. The van der Waals surface area contributed by atoms with Gasteiger partial charge in [-0.15, -0.1) is 11.6 Å². The molecule has 0 bridgehead atoms. The van der Waals surface area contributed by atoms with Gasteiger partial charge < -0.3 is 4.74 Å². The summed E-state index contributed by atoms with van der Waals surface area (Å²) < 4.78 is 6.03. The first-order chi connectivity index (χ1) is 12.8. The molecule has 2 heterocycles. The van der Waals surface area contributed by atoms with Crippen LogP contribution in [0.25, 0.3) is 0 Å². The Balaban J connectivity index is 1.66. The smallest absolute Gasteiger partial charge is 0.276 e. The summed E-state index contributed by atoms with van der Waals surface area (Å²) in [5.41, 5.74) is 3.24. The number of rotatable bonds is 5. The second-order valence-electron chi connectivity index (χ2n) is 5.45. The van der Waals surface area contributed by atoms with Crippen LogP contribution in [0.5, 0.6) is 5.88 Å². The zero-order valence-corrected chi connectivity index (χ0v) is 17.9. The van der Waals surface area contributed by atoms with E-state index in [1.807, 2.05) is 24.3 Å². The number of aromatic nitrogens is 1. The maximum absolute atomic E-state index is 12.2. The number of pyridine rings is 1. The number of alkyl halides is 1. The van der Waals surface area contributed by atoms with Gasteiger partial charge in [-0.25, -0.2) is 5.01 Å². The standard InChI is InChI=1S/C16H10BrCl4N3O3/c17-8-4-2-1-3-7(8)13-12(20)16(26)24(13)23-11(25)6-27-15-10(19)5-9(18)14(21)22-15/h1-5,12-13H,6H2,(H,23,25). The lowest BCUT2D eigenvalue weighted by molar-refractivity contribution is -0.157. The predicted molar refractivity (Wildman–Crippen MR) is 106 cm³/mol. The summed E-state index contributed by atoms with van der Waals surface area (Å²) in [6, 6.07) is 8.13. The maximum Gasteiger partial charge on any atom is 0.276 e. The van der Waals surface area contributed by atoms with Gasteiger partial charge in [0.2, 0.25) is 5.88 Å². The topological polar surface area (TPSA) is 71.5 Å². The van der Waals surface area contributed by atoms with Crippen molar-refractivity contribution in [1.29, 1.82) is 0 Å². The van der Waals surface area contributed by atoms with Gasteiger partial charge in [-0.1, -0.05) is 68.9 Å². The highest BCUT2D eigenvalue weighted by atomic mass is 79.9. The summed E-state index contributed by atoms with van der Waals surface area (Å²) in [5.74, 6) is -1.06. The van der Waals surface area contributed by atoms with E-state index in [-0.39, 0.29) is 21.1 Å². The van der Waals surface area contributed by atoms with E-state index in [9.17, 15) is 9.59 Å². The van der Waals surface area contributed by atoms with Crippen LogP contribution in [0.4, 0.5) is 0 Å². The average molecular weight is 514 g/mol. The van der Waals surface area contributed by atoms with Crippen LogP contribution in [-0.4, -0.2) is 33.8 Å². The second-order valence-corrected chi connectivity index (χ2v) is 7.94. The summed E-state index contributed by atoms with van der Waals surface area (Å²) in [5, 5.41) is 0.635. The number of halogens is 5. The number of nitrogens with one attached hydrogen (secondary N) is 1. The van der Waals surface area contributed by atoms with Crippen LogP contribution in [0.15, 0.2) is 34.8 Å². The fourth-order valence-corrected chi connectivity index (χ4v) is 3.84. The molecule has 2 atom stereocenters. The van der Waals surface area contributed by atoms with Crippen LogP contribution >= 0.6 is 62.3 Å². The molecule has 27 heavy (non-hydrogen) atoms. The van der Waals surface area contributed by atoms with Gasteiger partial charge in [0.1, 0.15) is 16.4 Å². The van der Waals surface area contributed by atoms with Gasteiger partial charge in [-0.05, 0) is 17.7 Å². The Hall–Kier alpha value is -1.25. The van der Waals surface area contributed by atoms with Crippen LogP contribution in [0.1, 0.15) is 11.6 Å². The van der Waals surface area contributed by atoms with Crippen molar-refractivity contribution >= 4 is 74.1 Å². The van der Waals surface area contributed by atoms with Crippen LogP contribution in [0.2, 0.25) is 15.2 Å². The molecule has 6 nitrogen and oxygen atoms in total.